The summed E-state index contributed by atoms with van der Waals surface area (Å²) in [6.45, 7) is 9.34. The molecule has 4 nitrogen and oxygen atoms in total. The van der Waals surface area contributed by atoms with E-state index >= 15 is 0 Å². The molecule has 0 aromatic rings. The largest absolute Gasteiger partial charge is 0.458 e. The molecule has 0 amide bonds. The van der Waals surface area contributed by atoms with E-state index in [0.717, 1.165) is 0 Å². The van der Waals surface area contributed by atoms with Crippen LogP contribution in [0.4, 0.5) is 8.78 Å². The minimum atomic E-state index is -3.85. The molecule has 0 aliphatic carbocycles. The van der Waals surface area contributed by atoms with Crippen LogP contribution in [0.15, 0.2) is 0 Å². The second-order valence-corrected chi connectivity index (χ2v) is 5.62. The van der Waals surface area contributed by atoms with Crippen molar-refractivity contribution in [3.8, 4) is 0 Å². The Morgan fingerprint density at radius 3 is 1.90 bits per heavy atom. The van der Waals surface area contributed by atoms with Gasteiger partial charge in [-0.25, -0.2) is 4.79 Å². The predicted octanol–water partition coefficient (Wildman–Crippen LogP) is 3.33. The molecule has 0 saturated heterocycles. The Kier molecular flexibility index (Phi) is 6.58. The molecule has 0 aromatic carbocycles. The molecule has 0 aliphatic rings. The van der Waals surface area contributed by atoms with Gasteiger partial charge in [-0.05, 0) is 40.5 Å². The van der Waals surface area contributed by atoms with Crippen LogP contribution in [0.3, 0.4) is 0 Å². The molecule has 118 valence electrons. The van der Waals surface area contributed by atoms with E-state index in [-0.39, 0.29) is 6.42 Å². The van der Waals surface area contributed by atoms with Crippen LogP contribution in [-0.2, 0) is 19.1 Å². The van der Waals surface area contributed by atoms with E-state index in [9.17, 15) is 18.4 Å². The Morgan fingerprint density at radius 1 is 1.05 bits per heavy atom. The molecule has 6 heteroatoms. The Labute approximate surface area is 118 Å². The van der Waals surface area contributed by atoms with Gasteiger partial charge in [0.1, 0.15) is 0 Å². The lowest BCUT2D eigenvalue weighted by Crippen LogP contribution is -2.47. The molecule has 20 heavy (non-hydrogen) atoms. The van der Waals surface area contributed by atoms with Crippen molar-refractivity contribution in [3.63, 3.8) is 0 Å². The van der Waals surface area contributed by atoms with Crippen LogP contribution in [0.1, 0.15) is 54.4 Å². The fourth-order valence-corrected chi connectivity index (χ4v) is 1.27. The van der Waals surface area contributed by atoms with E-state index in [2.05, 4.69) is 4.74 Å². The van der Waals surface area contributed by atoms with Gasteiger partial charge in [0, 0.05) is 0 Å². The second-order valence-electron chi connectivity index (χ2n) is 5.62. The number of hydrogen-bond acceptors (Lipinski definition) is 4. The van der Waals surface area contributed by atoms with E-state index in [0.29, 0.717) is 6.42 Å². The molecular formula is C14H24F2O4. The maximum atomic E-state index is 13.9. The van der Waals surface area contributed by atoms with E-state index in [1.165, 1.54) is 20.8 Å². The van der Waals surface area contributed by atoms with Gasteiger partial charge in [0.15, 0.2) is 6.10 Å². The highest BCUT2D eigenvalue weighted by atomic mass is 19.3. The van der Waals surface area contributed by atoms with Crippen molar-refractivity contribution in [2.45, 2.75) is 72.5 Å². The molecular weight excluding hydrogens is 270 g/mol. The van der Waals surface area contributed by atoms with Crippen molar-refractivity contribution < 1.29 is 27.8 Å². The van der Waals surface area contributed by atoms with E-state index in [1.54, 1.807) is 20.8 Å². The monoisotopic (exact) mass is 294 g/mol. The van der Waals surface area contributed by atoms with Crippen molar-refractivity contribution >= 4 is 11.9 Å². The average molecular weight is 294 g/mol. The van der Waals surface area contributed by atoms with Gasteiger partial charge < -0.3 is 9.47 Å². The van der Waals surface area contributed by atoms with Gasteiger partial charge in [-0.1, -0.05) is 13.8 Å². The fourth-order valence-electron chi connectivity index (χ4n) is 1.27. The average Bonchev–Trinajstić information content (AvgIpc) is 2.34. The molecule has 0 bridgehead atoms. The Balaban J connectivity index is 4.99. The quantitative estimate of drug-likeness (QED) is 0.676. The third-order valence-corrected chi connectivity index (χ3v) is 3.08. The van der Waals surface area contributed by atoms with Gasteiger partial charge in [-0.3, -0.25) is 4.79 Å². The molecule has 0 rings (SSSR count). The van der Waals surface area contributed by atoms with Crippen LogP contribution in [0, 0.1) is 5.41 Å². The smallest absolute Gasteiger partial charge is 0.381 e. The summed E-state index contributed by atoms with van der Waals surface area (Å²) >= 11 is 0. The van der Waals surface area contributed by atoms with Crippen molar-refractivity contribution in [1.82, 2.24) is 0 Å². The molecule has 0 saturated carbocycles. The number of carbonyl (C=O) groups is 2. The van der Waals surface area contributed by atoms with Gasteiger partial charge in [0.2, 0.25) is 0 Å². The van der Waals surface area contributed by atoms with Crippen molar-refractivity contribution in [3.05, 3.63) is 0 Å². The number of halogens is 2. The summed E-state index contributed by atoms with van der Waals surface area (Å²) < 4.78 is 37.2. The zero-order valence-electron chi connectivity index (χ0n) is 13.0. The summed E-state index contributed by atoms with van der Waals surface area (Å²) in [4.78, 5) is 23.3. The second kappa shape index (κ2) is 6.99. The number of alkyl halides is 2. The summed E-state index contributed by atoms with van der Waals surface area (Å²) in [5.41, 5.74) is -0.870. The first-order valence-electron chi connectivity index (χ1n) is 6.79. The summed E-state index contributed by atoms with van der Waals surface area (Å²) in [6.07, 6.45) is -2.20. The third-order valence-electron chi connectivity index (χ3n) is 3.08. The highest BCUT2D eigenvalue weighted by Crippen LogP contribution is 2.30. The number of hydrogen-bond donors (Lipinski definition) is 0. The summed E-state index contributed by atoms with van der Waals surface area (Å²) in [5, 5.41) is 0. The lowest BCUT2D eigenvalue weighted by atomic mass is 9.90. The Hall–Kier alpha value is -1.20. The molecule has 0 spiro atoms. The standard InChI is InChI=1S/C14H24F2O4/c1-7-10(20-11(17)13(5,6)8-2)14(15,16)12(18)19-9(3)4/h9-10H,7-8H2,1-6H3. The molecule has 0 heterocycles. The van der Waals surface area contributed by atoms with Crippen LogP contribution in [0.2, 0.25) is 0 Å². The van der Waals surface area contributed by atoms with Gasteiger partial charge in [0.25, 0.3) is 0 Å². The predicted molar refractivity (Wildman–Crippen MR) is 70.4 cm³/mol. The van der Waals surface area contributed by atoms with Crippen LogP contribution in [0.5, 0.6) is 0 Å². The van der Waals surface area contributed by atoms with Gasteiger partial charge in [0.05, 0.1) is 11.5 Å². The van der Waals surface area contributed by atoms with Crippen LogP contribution < -0.4 is 0 Å². The van der Waals surface area contributed by atoms with E-state index < -0.39 is 35.5 Å². The maximum Gasteiger partial charge on any atom is 0.381 e. The molecule has 0 N–H and O–H groups in total. The van der Waals surface area contributed by atoms with Gasteiger partial charge in [-0.15, -0.1) is 0 Å². The van der Waals surface area contributed by atoms with Gasteiger partial charge >= 0.3 is 17.9 Å². The lowest BCUT2D eigenvalue weighted by molar-refractivity contribution is -0.204. The first-order valence-corrected chi connectivity index (χ1v) is 6.79. The van der Waals surface area contributed by atoms with E-state index in [4.69, 9.17) is 4.74 Å². The molecule has 0 radical (unpaired) electrons. The zero-order valence-corrected chi connectivity index (χ0v) is 13.0. The number of ether oxygens (including phenoxy) is 2. The first-order chi connectivity index (χ1) is 8.98. The summed E-state index contributed by atoms with van der Waals surface area (Å²) in [7, 11) is 0. The molecule has 0 aliphatic heterocycles. The number of carbonyl (C=O) groups excluding carboxylic acids is 2. The van der Waals surface area contributed by atoms with Crippen molar-refractivity contribution in [2.75, 3.05) is 0 Å². The van der Waals surface area contributed by atoms with E-state index in [1.807, 2.05) is 0 Å². The summed E-state index contributed by atoms with van der Waals surface area (Å²) in [6, 6.07) is 0. The van der Waals surface area contributed by atoms with Crippen LogP contribution >= 0.6 is 0 Å². The third kappa shape index (κ3) is 4.72. The zero-order chi connectivity index (χ0) is 16.1. The van der Waals surface area contributed by atoms with Crippen molar-refractivity contribution in [2.24, 2.45) is 5.41 Å². The Bertz CT molecular complexity index is 351. The normalized spacial score (nSPS) is 14.1. The molecule has 0 fully saturated rings. The van der Waals surface area contributed by atoms with Crippen LogP contribution in [-0.4, -0.2) is 30.1 Å². The minimum Gasteiger partial charge on any atom is -0.458 e. The highest BCUT2D eigenvalue weighted by Gasteiger charge is 2.51. The maximum absolute atomic E-state index is 13.9. The Morgan fingerprint density at radius 2 is 1.55 bits per heavy atom. The fraction of sp³-hybridized carbons (Fsp3) is 0.857. The number of esters is 2. The molecule has 0 aromatic heterocycles. The molecule has 1 atom stereocenters. The first kappa shape index (κ1) is 18.8. The number of rotatable bonds is 7. The SMILES string of the molecule is CCC(OC(=O)C(C)(C)CC)C(F)(F)C(=O)OC(C)C. The van der Waals surface area contributed by atoms with Gasteiger partial charge in [-0.2, -0.15) is 8.78 Å². The summed E-state index contributed by atoms with van der Waals surface area (Å²) in [5.74, 6) is -6.26. The van der Waals surface area contributed by atoms with Crippen molar-refractivity contribution in [1.29, 1.82) is 0 Å². The molecule has 1 unspecified atom stereocenters. The topological polar surface area (TPSA) is 52.6 Å². The highest BCUT2D eigenvalue weighted by molar-refractivity contribution is 5.80. The van der Waals surface area contributed by atoms with Crippen LogP contribution in [0.25, 0.3) is 0 Å². The lowest BCUT2D eigenvalue weighted by Gasteiger charge is -2.28. The minimum absolute atomic E-state index is 0.175.